The average Bonchev–Trinajstić information content (AvgIpc) is 2.84. The van der Waals surface area contributed by atoms with Crippen LogP contribution in [0.1, 0.15) is 38.5 Å². The molecule has 0 aromatic heterocycles. The van der Waals surface area contributed by atoms with Crippen molar-refractivity contribution >= 4 is 5.97 Å². The second-order valence-corrected chi connectivity index (χ2v) is 4.99. The molecule has 0 aromatic carbocycles. The van der Waals surface area contributed by atoms with Gasteiger partial charge in [-0.2, -0.15) is 0 Å². The van der Waals surface area contributed by atoms with Gasteiger partial charge in [-0.05, 0) is 38.1 Å². The van der Waals surface area contributed by atoms with Crippen molar-refractivity contribution in [1.82, 2.24) is 4.90 Å². The van der Waals surface area contributed by atoms with Crippen LogP contribution in [-0.4, -0.2) is 35.1 Å². The van der Waals surface area contributed by atoms with Crippen molar-refractivity contribution in [1.29, 1.82) is 0 Å². The Labute approximate surface area is 97.1 Å². The van der Waals surface area contributed by atoms with E-state index in [0.29, 0.717) is 0 Å². The molecule has 1 aliphatic carbocycles. The maximum Gasteiger partial charge on any atom is 0.328 e. The highest BCUT2D eigenvalue weighted by molar-refractivity contribution is 5.79. The van der Waals surface area contributed by atoms with Crippen LogP contribution < -0.4 is 0 Å². The normalized spacial score (nSPS) is 28.1. The summed E-state index contributed by atoms with van der Waals surface area (Å²) in [6.45, 7) is 1.96. The van der Waals surface area contributed by atoms with Crippen molar-refractivity contribution in [2.75, 3.05) is 13.1 Å². The molecule has 16 heavy (non-hydrogen) atoms. The monoisotopic (exact) mass is 223 g/mol. The standard InChI is InChI=1S/C13H21NO2/c15-13(16)8-4-10-14-9-3-7-12(14)11-5-1-2-6-11/h4,8,11-12H,1-3,5-7,9-10H2,(H,15,16). The molecular weight excluding hydrogens is 202 g/mol. The fourth-order valence-corrected chi connectivity index (χ4v) is 3.24. The van der Waals surface area contributed by atoms with E-state index in [9.17, 15) is 4.79 Å². The molecule has 1 saturated carbocycles. The summed E-state index contributed by atoms with van der Waals surface area (Å²) in [7, 11) is 0. The number of hydrogen-bond donors (Lipinski definition) is 1. The van der Waals surface area contributed by atoms with Crippen LogP contribution in [0.2, 0.25) is 0 Å². The summed E-state index contributed by atoms with van der Waals surface area (Å²) in [4.78, 5) is 12.9. The minimum absolute atomic E-state index is 0.723. The molecule has 2 fully saturated rings. The zero-order valence-electron chi connectivity index (χ0n) is 9.77. The van der Waals surface area contributed by atoms with Gasteiger partial charge in [-0.1, -0.05) is 18.9 Å². The Morgan fingerprint density at radius 1 is 1.25 bits per heavy atom. The van der Waals surface area contributed by atoms with Crippen molar-refractivity contribution in [3.63, 3.8) is 0 Å². The number of nitrogens with zero attached hydrogens (tertiary/aromatic N) is 1. The van der Waals surface area contributed by atoms with Crippen LogP contribution in [0.4, 0.5) is 0 Å². The first-order valence-corrected chi connectivity index (χ1v) is 6.41. The Bertz CT molecular complexity index is 269. The number of aliphatic carboxylic acids is 1. The summed E-state index contributed by atoms with van der Waals surface area (Å²) in [5.74, 6) is 0.0392. The fourth-order valence-electron chi connectivity index (χ4n) is 3.24. The third kappa shape index (κ3) is 2.85. The SMILES string of the molecule is O=C(O)C=CCN1CCCC1C1CCCC1. The summed E-state index contributed by atoms with van der Waals surface area (Å²) >= 11 is 0. The summed E-state index contributed by atoms with van der Waals surface area (Å²) in [6.07, 6.45) is 11.2. The highest BCUT2D eigenvalue weighted by atomic mass is 16.4. The third-order valence-corrected chi connectivity index (χ3v) is 3.96. The van der Waals surface area contributed by atoms with E-state index >= 15 is 0 Å². The van der Waals surface area contributed by atoms with E-state index in [1.807, 2.05) is 0 Å². The molecule has 1 heterocycles. The van der Waals surface area contributed by atoms with Gasteiger partial charge < -0.3 is 5.11 Å². The van der Waals surface area contributed by atoms with Gasteiger partial charge >= 0.3 is 5.97 Å². The Kier molecular flexibility index (Phi) is 3.99. The van der Waals surface area contributed by atoms with E-state index in [0.717, 1.165) is 25.0 Å². The molecule has 0 radical (unpaired) electrons. The van der Waals surface area contributed by atoms with Gasteiger partial charge in [0.2, 0.25) is 0 Å². The molecule has 0 spiro atoms. The molecule has 3 nitrogen and oxygen atoms in total. The summed E-state index contributed by atoms with van der Waals surface area (Å²) in [5, 5.41) is 8.56. The molecule has 1 saturated heterocycles. The molecule has 0 aromatic rings. The van der Waals surface area contributed by atoms with E-state index < -0.39 is 5.97 Å². The smallest absolute Gasteiger partial charge is 0.328 e. The zero-order chi connectivity index (χ0) is 11.4. The predicted molar refractivity (Wildman–Crippen MR) is 63.3 cm³/mol. The second kappa shape index (κ2) is 5.48. The van der Waals surface area contributed by atoms with Gasteiger partial charge in [-0.3, -0.25) is 4.90 Å². The van der Waals surface area contributed by atoms with E-state index in [1.54, 1.807) is 6.08 Å². The molecule has 2 rings (SSSR count). The lowest BCUT2D eigenvalue weighted by atomic mass is 9.96. The van der Waals surface area contributed by atoms with E-state index in [2.05, 4.69) is 4.90 Å². The number of hydrogen-bond acceptors (Lipinski definition) is 2. The topological polar surface area (TPSA) is 40.5 Å². The maximum absolute atomic E-state index is 10.4. The number of carboxylic acids is 1. The van der Waals surface area contributed by atoms with Crippen molar-refractivity contribution in [3.05, 3.63) is 12.2 Å². The molecule has 1 unspecified atom stereocenters. The van der Waals surface area contributed by atoms with Crippen molar-refractivity contribution in [3.8, 4) is 0 Å². The summed E-state index contributed by atoms with van der Waals surface area (Å²) < 4.78 is 0. The quantitative estimate of drug-likeness (QED) is 0.743. The van der Waals surface area contributed by atoms with Crippen molar-refractivity contribution in [2.24, 2.45) is 5.92 Å². The highest BCUT2D eigenvalue weighted by Crippen LogP contribution is 2.35. The van der Waals surface area contributed by atoms with Gasteiger partial charge in [-0.25, -0.2) is 4.79 Å². The Hall–Kier alpha value is -0.830. The minimum Gasteiger partial charge on any atom is -0.478 e. The molecule has 1 aliphatic heterocycles. The van der Waals surface area contributed by atoms with Crippen LogP contribution in [0.15, 0.2) is 12.2 Å². The number of carboxylic acid groups (broad SMARTS) is 1. The Morgan fingerprint density at radius 3 is 2.69 bits per heavy atom. The Morgan fingerprint density at radius 2 is 2.00 bits per heavy atom. The molecule has 0 amide bonds. The minimum atomic E-state index is -0.836. The Balaban J connectivity index is 1.85. The zero-order valence-corrected chi connectivity index (χ0v) is 9.77. The van der Waals surface area contributed by atoms with E-state index in [1.165, 1.54) is 44.6 Å². The lowest BCUT2D eigenvalue weighted by Crippen LogP contribution is -2.34. The van der Waals surface area contributed by atoms with Gasteiger partial charge in [0.25, 0.3) is 0 Å². The van der Waals surface area contributed by atoms with Crippen LogP contribution in [0.5, 0.6) is 0 Å². The molecule has 1 atom stereocenters. The third-order valence-electron chi connectivity index (χ3n) is 3.96. The largest absolute Gasteiger partial charge is 0.478 e. The number of carbonyl (C=O) groups is 1. The van der Waals surface area contributed by atoms with Gasteiger partial charge in [-0.15, -0.1) is 0 Å². The van der Waals surface area contributed by atoms with Crippen LogP contribution in [0, 0.1) is 5.92 Å². The lowest BCUT2D eigenvalue weighted by molar-refractivity contribution is -0.131. The van der Waals surface area contributed by atoms with Crippen molar-refractivity contribution < 1.29 is 9.90 Å². The fraction of sp³-hybridized carbons (Fsp3) is 0.769. The molecule has 1 N–H and O–H groups in total. The highest BCUT2D eigenvalue weighted by Gasteiger charge is 2.32. The lowest BCUT2D eigenvalue weighted by Gasteiger charge is -2.28. The van der Waals surface area contributed by atoms with Crippen LogP contribution in [0.25, 0.3) is 0 Å². The summed E-state index contributed by atoms with van der Waals surface area (Å²) in [6, 6.07) is 0.723. The summed E-state index contributed by atoms with van der Waals surface area (Å²) in [5.41, 5.74) is 0. The van der Waals surface area contributed by atoms with Crippen LogP contribution in [-0.2, 0) is 4.79 Å². The average molecular weight is 223 g/mol. The molecule has 2 aliphatic rings. The van der Waals surface area contributed by atoms with Gasteiger partial charge in [0.1, 0.15) is 0 Å². The van der Waals surface area contributed by atoms with E-state index in [-0.39, 0.29) is 0 Å². The second-order valence-electron chi connectivity index (χ2n) is 4.99. The van der Waals surface area contributed by atoms with Crippen LogP contribution >= 0.6 is 0 Å². The van der Waals surface area contributed by atoms with Crippen LogP contribution in [0.3, 0.4) is 0 Å². The van der Waals surface area contributed by atoms with Gasteiger partial charge in [0.05, 0.1) is 0 Å². The van der Waals surface area contributed by atoms with Gasteiger partial charge in [0.15, 0.2) is 0 Å². The molecule has 3 heteroatoms. The maximum atomic E-state index is 10.4. The first kappa shape index (κ1) is 11.6. The molecule has 0 bridgehead atoms. The number of likely N-dealkylation sites (tertiary alicyclic amines) is 1. The first-order chi connectivity index (χ1) is 7.77. The molecular formula is C13H21NO2. The van der Waals surface area contributed by atoms with Gasteiger partial charge in [0, 0.05) is 18.7 Å². The first-order valence-electron chi connectivity index (χ1n) is 6.41. The number of rotatable bonds is 4. The van der Waals surface area contributed by atoms with E-state index in [4.69, 9.17) is 5.11 Å². The van der Waals surface area contributed by atoms with Crippen molar-refractivity contribution in [2.45, 2.75) is 44.6 Å². The molecule has 90 valence electrons. The predicted octanol–water partition coefficient (Wildman–Crippen LogP) is 2.28.